The molecule has 0 aliphatic carbocycles. The number of urea groups is 1. The third-order valence-electron chi connectivity index (χ3n) is 3.50. The molecule has 0 aromatic heterocycles. The van der Waals surface area contributed by atoms with E-state index in [4.69, 9.17) is 5.11 Å². The van der Waals surface area contributed by atoms with Crippen molar-refractivity contribution in [1.29, 1.82) is 0 Å². The summed E-state index contributed by atoms with van der Waals surface area (Å²) < 4.78 is 0. The van der Waals surface area contributed by atoms with Gasteiger partial charge in [0.05, 0.1) is 6.42 Å². The molecule has 110 valence electrons. The van der Waals surface area contributed by atoms with Gasteiger partial charge in [-0.2, -0.15) is 0 Å². The molecule has 0 aromatic rings. The van der Waals surface area contributed by atoms with Gasteiger partial charge in [-0.1, -0.05) is 26.7 Å². The Morgan fingerprint density at radius 1 is 1.26 bits per heavy atom. The van der Waals surface area contributed by atoms with Crippen LogP contribution in [0.15, 0.2) is 0 Å². The maximum absolute atomic E-state index is 11.8. The largest absolute Gasteiger partial charge is 0.481 e. The Morgan fingerprint density at radius 3 is 2.42 bits per heavy atom. The average molecular weight is 270 g/mol. The molecule has 19 heavy (non-hydrogen) atoms. The van der Waals surface area contributed by atoms with E-state index >= 15 is 0 Å². The lowest BCUT2D eigenvalue weighted by Gasteiger charge is -2.39. The second-order valence-electron chi connectivity index (χ2n) is 6.04. The summed E-state index contributed by atoms with van der Waals surface area (Å²) >= 11 is 0. The second-order valence-corrected chi connectivity index (χ2v) is 6.04. The quantitative estimate of drug-likeness (QED) is 0.746. The molecule has 1 fully saturated rings. The van der Waals surface area contributed by atoms with E-state index in [2.05, 4.69) is 19.2 Å². The predicted octanol–water partition coefficient (Wildman–Crippen LogP) is 2.32. The van der Waals surface area contributed by atoms with Crippen molar-refractivity contribution in [3.63, 3.8) is 0 Å². The minimum atomic E-state index is -0.785. The van der Waals surface area contributed by atoms with Crippen molar-refractivity contribution in [2.24, 2.45) is 11.8 Å². The van der Waals surface area contributed by atoms with E-state index in [1.54, 1.807) is 4.90 Å². The lowest BCUT2D eigenvalue weighted by molar-refractivity contribution is -0.139. The summed E-state index contributed by atoms with van der Waals surface area (Å²) in [5, 5.41) is 11.6. The van der Waals surface area contributed by atoms with Crippen LogP contribution in [0.4, 0.5) is 4.79 Å². The van der Waals surface area contributed by atoms with E-state index in [9.17, 15) is 9.59 Å². The summed E-state index contributed by atoms with van der Waals surface area (Å²) in [4.78, 5) is 24.0. The Bertz CT molecular complexity index is 312. The molecule has 1 atom stereocenters. The Balaban J connectivity index is 2.13. The van der Waals surface area contributed by atoms with E-state index in [1.807, 2.05) is 6.92 Å². The number of rotatable bonds is 7. The lowest BCUT2D eigenvalue weighted by atomic mass is 9.97. The molecule has 0 saturated carbocycles. The average Bonchev–Trinajstić information content (AvgIpc) is 2.21. The van der Waals surface area contributed by atoms with Crippen LogP contribution in [0.25, 0.3) is 0 Å². The van der Waals surface area contributed by atoms with Crippen molar-refractivity contribution >= 4 is 12.0 Å². The molecule has 1 aliphatic heterocycles. The second kappa shape index (κ2) is 7.36. The number of nitrogens with zero attached hydrogens (tertiary/aromatic N) is 1. The Hall–Kier alpha value is -1.26. The monoisotopic (exact) mass is 270 g/mol. The van der Waals surface area contributed by atoms with Crippen molar-refractivity contribution < 1.29 is 14.7 Å². The topological polar surface area (TPSA) is 69.6 Å². The smallest absolute Gasteiger partial charge is 0.317 e. The molecular weight excluding hydrogens is 244 g/mol. The van der Waals surface area contributed by atoms with Crippen LogP contribution in [-0.4, -0.2) is 41.1 Å². The van der Waals surface area contributed by atoms with E-state index in [-0.39, 0.29) is 24.4 Å². The van der Waals surface area contributed by atoms with Gasteiger partial charge in [0.25, 0.3) is 0 Å². The van der Waals surface area contributed by atoms with Crippen LogP contribution in [0.1, 0.15) is 46.5 Å². The first kappa shape index (κ1) is 15.8. The summed E-state index contributed by atoms with van der Waals surface area (Å²) in [6, 6.07) is 0.128. The van der Waals surface area contributed by atoms with Crippen molar-refractivity contribution in [3.05, 3.63) is 0 Å². The summed E-state index contributed by atoms with van der Waals surface area (Å²) in [7, 11) is 0. The summed E-state index contributed by atoms with van der Waals surface area (Å²) in [5.41, 5.74) is 0. The van der Waals surface area contributed by atoms with Crippen LogP contribution in [0, 0.1) is 11.8 Å². The number of carbonyl (C=O) groups excluding carboxylic acids is 1. The minimum absolute atomic E-state index is 0.0568. The molecular formula is C14H26N2O3. The maximum Gasteiger partial charge on any atom is 0.317 e. The van der Waals surface area contributed by atoms with Gasteiger partial charge >= 0.3 is 12.0 Å². The number of amides is 2. The molecule has 5 heteroatoms. The molecule has 0 bridgehead atoms. The molecule has 2 amide bonds. The summed E-state index contributed by atoms with van der Waals surface area (Å²) in [6.45, 7) is 7.55. The molecule has 1 rings (SSSR count). The fourth-order valence-corrected chi connectivity index (χ4v) is 2.32. The van der Waals surface area contributed by atoms with Gasteiger partial charge in [-0.15, -0.1) is 0 Å². The summed E-state index contributed by atoms with van der Waals surface area (Å²) in [6.07, 6.45) is 3.47. The highest BCUT2D eigenvalue weighted by molar-refractivity contribution is 5.76. The summed E-state index contributed by atoms with van der Waals surface area (Å²) in [5.74, 6) is 0.0432. The Kier molecular flexibility index (Phi) is 6.12. The normalized spacial score (nSPS) is 17.2. The standard InChI is InChI=1S/C14H26N2O3/c1-10(2)5-4-6-11(3)15-14(19)16-8-12(9-16)7-13(17)18/h10-12H,4-9H2,1-3H3,(H,15,19)(H,17,18). The van der Waals surface area contributed by atoms with Gasteiger partial charge in [-0.25, -0.2) is 4.79 Å². The number of hydrogen-bond acceptors (Lipinski definition) is 2. The highest BCUT2D eigenvalue weighted by atomic mass is 16.4. The van der Waals surface area contributed by atoms with E-state index < -0.39 is 5.97 Å². The number of carbonyl (C=O) groups is 2. The molecule has 1 unspecified atom stereocenters. The van der Waals surface area contributed by atoms with Gasteiger partial charge in [-0.05, 0) is 19.3 Å². The third kappa shape index (κ3) is 5.94. The first-order valence-corrected chi connectivity index (χ1v) is 7.15. The van der Waals surface area contributed by atoms with Crippen LogP contribution in [0.3, 0.4) is 0 Å². The molecule has 1 saturated heterocycles. The minimum Gasteiger partial charge on any atom is -0.481 e. The molecule has 0 radical (unpaired) electrons. The van der Waals surface area contributed by atoms with Gasteiger partial charge in [0.15, 0.2) is 0 Å². The predicted molar refractivity (Wildman–Crippen MR) is 74.0 cm³/mol. The van der Waals surface area contributed by atoms with Crippen LogP contribution >= 0.6 is 0 Å². The van der Waals surface area contributed by atoms with Crippen LogP contribution in [0.5, 0.6) is 0 Å². The third-order valence-corrected chi connectivity index (χ3v) is 3.50. The number of carboxylic acid groups (broad SMARTS) is 1. The number of hydrogen-bond donors (Lipinski definition) is 2. The lowest BCUT2D eigenvalue weighted by Crippen LogP contribution is -2.55. The van der Waals surface area contributed by atoms with Gasteiger partial charge in [0, 0.05) is 25.0 Å². The first-order chi connectivity index (χ1) is 8.88. The number of likely N-dealkylation sites (tertiary alicyclic amines) is 1. The highest BCUT2D eigenvalue weighted by Crippen LogP contribution is 2.19. The van der Waals surface area contributed by atoms with E-state index in [0.29, 0.717) is 19.0 Å². The van der Waals surface area contributed by atoms with Crippen molar-refractivity contribution in [1.82, 2.24) is 10.2 Å². The van der Waals surface area contributed by atoms with Crippen LogP contribution in [-0.2, 0) is 4.79 Å². The van der Waals surface area contributed by atoms with Gasteiger partial charge in [0.1, 0.15) is 0 Å². The fraction of sp³-hybridized carbons (Fsp3) is 0.857. The number of carboxylic acids is 1. The fourth-order valence-electron chi connectivity index (χ4n) is 2.32. The van der Waals surface area contributed by atoms with Gasteiger partial charge < -0.3 is 15.3 Å². The zero-order chi connectivity index (χ0) is 14.4. The molecule has 0 spiro atoms. The molecule has 5 nitrogen and oxygen atoms in total. The number of nitrogens with one attached hydrogen (secondary N) is 1. The van der Waals surface area contributed by atoms with Crippen molar-refractivity contribution in [3.8, 4) is 0 Å². The highest BCUT2D eigenvalue weighted by Gasteiger charge is 2.32. The van der Waals surface area contributed by atoms with E-state index in [1.165, 1.54) is 6.42 Å². The van der Waals surface area contributed by atoms with Crippen LogP contribution < -0.4 is 5.32 Å². The first-order valence-electron chi connectivity index (χ1n) is 7.15. The SMILES string of the molecule is CC(C)CCCC(C)NC(=O)N1CC(CC(=O)O)C1. The zero-order valence-corrected chi connectivity index (χ0v) is 12.2. The Morgan fingerprint density at radius 2 is 1.89 bits per heavy atom. The molecule has 1 aliphatic rings. The van der Waals surface area contributed by atoms with Crippen molar-refractivity contribution in [2.75, 3.05) is 13.1 Å². The Labute approximate surface area is 115 Å². The molecule has 1 heterocycles. The number of aliphatic carboxylic acids is 1. The van der Waals surface area contributed by atoms with E-state index in [0.717, 1.165) is 12.8 Å². The maximum atomic E-state index is 11.8. The van der Waals surface area contributed by atoms with Crippen molar-refractivity contribution in [2.45, 2.75) is 52.5 Å². The zero-order valence-electron chi connectivity index (χ0n) is 12.2. The van der Waals surface area contributed by atoms with Gasteiger partial charge in [-0.3, -0.25) is 4.79 Å². The van der Waals surface area contributed by atoms with Crippen LogP contribution in [0.2, 0.25) is 0 Å². The van der Waals surface area contributed by atoms with Gasteiger partial charge in [0.2, 0.25) is 0 Å². The molecule has 2 N–H and O–H groups in total. The molecule has 0 aromatic carbocycles.